The van der Waals surface area contributed by atoms with E-state index in [-0.39, 0.29) is 43.2 Å². The molecule has 1 aromatic carbocycles. The molecule has 4 N–H and O–H groups in total. The molecule has 3 aliphatic rings. The molecule has 11 nitrogen and oxygen atoms in total. The van der Waals surface area contributed by atoms with Gasteiger partial charge in [-0.15, -0.1) is 16.9 Å². The average Bonchev–Trinajstić information content (AvgIpc) is 3.63. The topological polar surface area (TPSA) is 150 Å². The molecule has 226 valence electrons. The summed E-state index contributed by atoms with van der Waals surface area (Å²) >= 11 is 0.898. The largest absolute Gasteiger partial charge is 0.394 e. The van der Waals surface area contributed by atoms with E-state index >= 15 is 0 Å². The van der Waals surface area contributed by atoms with Gasteiger partial charge in [-0.05, 0) is 30.9 Å². The van der Waals surface area contributed by atoms with E-state index in [4.69, 9.17) is 9.47 Å². The van der Waals surface area contributed by atoms with Crippen molar-refractivity contribution in [2.24, 2.45) is 5.92 Å². The lowest BCUT2D eigenvalue weighted by Crippen LogP contribution is -2.58. The highest BCUT2D eigenvalue weighted by Gasteiger charge is 2.52. The number of halogens is 3. The van der Waals surface area contributed by atoms with Gasteiger partial charge in [0.2, 0.25) is 5.91 Å². The molecule has 1 amide bonds. The molecule has 2 aromatic rings. The zero-order valence-electron chi connectivity index (χ0n) is 22.3. The predicted octanol–water partition coefficient (Wildman–Crippen LogP) is 0.854. The zero-order chi connectivity index (χ0) is 29.5. The van der Waals surface area contributed by atoms with Crippen LogP contribution < -0.4 is 0 Å². The standard InChI is InChI=1S/C26H33F3N4O7S/c1-32(10-13-2-3-13)24(37)23(26(38)4-6-39-7-5-26)41-25-22(36)20(21(35)18(12-34)40-25)33-11-17(30-31-33)14-8-15(27)19(29)16(28)9-14/h8-9,11,13,18,20-23,25,34-36,38H,2-7,10,12H2,1H3/t18-,20+,21+,22-,23-,25+/m1/s1. The minimum Gasteiger partial charge on any atom is -0.394 e. The van der Waals surface area contributed by atoms with Crippen molar-refractivity contribution >= 4 is 17.7 Å². The van der Waals surface area contributed by atoms with Crippen molar-refractivity contribution in [2.45, 2.75) is 66.3 Å². The quantitative estimate of drug-likeness (QED) is 0.304. The van der Waals surface area contributed by atoms with Crippen molar-refractivity contribution in [2.75, 3.05) is 33.4 Å². The van der Waals surface area contributed by atoms with Crippen LogP contribution in [0.3, 0.4) is 0 Å². The summed E-state index contributed by atoms with van der Waals surface area (Å²) in [4.78, 5) is 15.2. The molecule has 2 aliphatic heterocycles. The van der Waals surface area contributed by atoms with E-state index in [1.54, 1.807) is 11.9 Å². The summed E-state index contributed by atoms with van der Waals surface area (Å²) in [6, 6.07) is 0.211. The number of thioether (sulfide) groups is 1. The molecule has 3 heterocycles. The molecule has 1 aliphatic carbocycles. The summed E-state index contributed by atoms with van der Waals surface area (Å²) in [5, 5.41) is 50.6. The first kappa shape index (κ1) is 30.2. The van der Waals surface area contributed by atoms with E-state index < -0.39 is 64.7 Å². The Morgan fingerprint density at radius 2 is 1.85 bits per heavy atom. The molecule has 15 heteroatoms. The highest BCUT2D eigenvalue weighted by Crippen LogP contribution is 2.42. The molecule has 6 atom stereocenters. The molecule has 0 bridgehead atoms. The van der Waals surface area contributed by atoms with Gasteiger partial charge in [0.1, 0.15) is 40.7 Å². The van der Waals surface area contributed by atoms with Crippen molar-refractivity contribution in [3.63, 3.8) is 0 Å². The molecule has 0 spiro atoms. The van der Waals surface area contributed by atoms with Gasteiger partial charge in [0.05, 0.1) is 18.4 Å². The predicted molar refractivity (Wildman–Crippen MR) is 139 cm³/mol. The van der Waals surface area contributed by atoms with E-state index in [0.717, 1.165) is 41.4 Å². The number of carbonyl (C=O) groups excluding carboxylic acids is 1. The van der Waals surface area contributed by atoms with Gasteiger partial charge in [-0.3, -0.25) is 4.79 Å². The first-order chi connectivity index (χ1) is 19.5. The van der Waals surface area contributed by atoms with Crippen molar-refractivity contribution in [1.29, 1.82) is 0 Å². The number of aliphatic hydroxyl groups excluding tert-OH is 3. The second-order valence-corrected chi connectivity index (χ2v) is 12.1. The maximum absolute atomic E-state index is 13.8. The minimum absolute atomic E-state index is 0.0651. The summed E-state index contributed by atoms with van der Waals surface area (Å²) in [6.45, 7) is 0.376. The first-order valence-corrected chi connectivity index (χ1v) is 14.4. The SMILES string of the molecule is CN(CC1CC1)C(=O)[C@@H](S[C@@H]1O[C@H](CO)[C@H](O)[C@H](n2cc(-c3cc(F)c(F)c(F)c3)nn2)[C@H]1O)C1(O)CCOCC1. The maximum atomic E-state index is 13.8. The van der Waals surface area contributed by atoms with Crippen LogP contribution in [-0.4, -0.2) is 114 Å². The van der Waals surface area contributed by atoms with Gasteiger partial charge in [-0.2, -0.15) is 0 Å². The zero-order valence-corrected chi connectivity index (χ0v) is 23.1. The summed E-state index contributed by atoms with van der Waals surface area (Å²) < 4.78 is 53.4. The van der Waals surface area contributed by atoms with Gasteiger partial charge in [-0.1, -0.05) is 5.21 Å². The van der Waals surface area contributed by atoms with E-state index in [1.807, 2.05) is 0 Å². The fourth-order valence-electron chi connectivity index (χ4n) is 5.26. The van der Waals surface area contributed by atoms with Crippen molar-refractivity contribution < 1.29 is 47.9 Å². The minimum atomic E-state index is -1.64. The Bertz CT molecular complexity index is 1220. The fraction of sp³-hybridized carbons (Fsp3) is 0.654. The summed E-state index contributed by atoms with van der Waals surface area (Å²) in [7, 11) is 1.66. The fourth-order valence-corrected chi connectivity index (χ4v) is 6.85. The molecule has 1 aromatic heterocycles. The Morgan fingerprint density at radius 1 is 1.20 bits per heavy atom. The smallest absolute Gasteiger partial charge is 0.238 e. The van der Waals surface area contributed by atoms with E-state index in [2.05, 4.69) is 10.3 Å². The lowest BCUT2D eigenvalue weighted by molar-refractivity contribution is -0.179. The molecule has 2 saturated heterocycles. The Kier molecular flexibility index (Phi) is 8.95. The van der Waals surface area contributed by atoms with Gasteiger partial charge < -0.3 is 34.8 Å². The van der Waals surface area contributed by atoms with E-state index in [9.17, 15) is 38.4 Å². The number of ether oxygens (including phenoxy) is 2. The number of nitrogens with zero attached hydrogens (tertiary/aromatic N) is 4. The monoisotopic (exact) mass is 602 g/mol. The normalized spacial score (nSPS) is 28.8. The van der Waals surface area contributed by atoms with Crippen LogP contribution in [0, 0.1) is 23.4 Å². The van der Waals surface area contributed by atoms with Crippen LogP contribution in [0.2, 0.25) is 0 Å². The number of amides is 1. The molecular formula is C26H33F3N4O7S. The molecule has 1 saturated carbocycles. The van der Waals surface area contributed by atoms with Gasteiger partial charge >= 0.3 is 0 Å². The summed E-state index contributed by atoms with van der Waals surface area (Å²) in [5.74, 6) is -4.43. The van der Waals surface area contributed by atoms with Crippen LogP contribution in [0.5, 0.6) is 0 Å². The third-order valence-electron chi connectivity index (χ3n) is 7.89. The molecule has 41 heavy (non-hydrogen) atoms. The van der Waals surface area contributed by atoms with Gasteiger partial charge in [0.15, 0.2) is 17.5 Å². The Labute approximate surface area is 238 Å². The number of aromatic nitrogens is 3. The lowest BCUT2D eigenvalue weighted by Gasteiger charge is -2.45. The molecule has 0 unspecified atom stereocenters. The highest BCUT2D eigenvalue weighted by atomic mass is 32.2. The average molecular weight is 603 g/mol. The van der Waals surface area contributed by atoms with Crippen molar-refractivity contribution in [3.05, 3.63) is 35.8 Å². The number of hydrogen-bond donors (Lipinski definition) is 4. The maximum Gasteiger partial charge on any atom is 0.238 e. The van der Waals surface area contributed by atoms with Crippen LogP contribution in [0.15, 0.2) is 18.3 Å². The molecule has 5 rings (SSSR count). The van der Waals surface area contributed by atoms with Crippen LogP contribution in [0.4, 0.5) is 13.2 Å². The number of rotatable bonds is 9. The van der Waals surface area contributed by atoms with Crippen LogP contribution in [-0.2, 0) is 14.3 Å². The second-order valence-electron chi connectivity index (χ2n) is 10.9. The van der Waals surface area contributed by atoms with Crippen LogP contribution >= 0.6 is 11.8 Å². The number of benzene rings is 1. The third-order valence-corrected chi connectivity index (χ3v) is 9.46. The molecule has 3 fully saturated rings. The number of carbonyl (C=O) groups is 1. The number of hydrogen-bond acceptors (Lipinski definition) is 10. The van der Waals surface area contributed by atoms with Crippen LogP contribution in [0.1, 0.15) is 31.7 Å². The highest BCUT2D eigenvalue weighted by molar-refractivity contribution is 8.01. The molecule has 0 radical (unpaired) electrons. The van der Waals surface area contributed by atoms with E-state index in [0.29, 0.717) is 12.5 Å². The van der Waals surface area contributed by atoms with Crippen molar-refractivity contribution in [3.8, 4) is 11.3 Å². The van der Waals surface area contributed by atoms with Crippen LogP contribution in [0.25, 0.3) is 11.3 Å². The Balaban J connectivity index is 1.42. The van der Waals surface area contributed by atoms with Gasteiger partial charge in [-0.25, -0.2) is 17.9 Å². The lowest BCUT2D eigenvalue weighted by atomic mass is 9.89. The van der Waals surface area contributed by atoms with Gasteiger partial charge in [0, 0.05) is 45.2 Å². The number of aliphatic hydroxyl groups is 4. The van der Waals surface area contributed by atoms with Crippen molar-refractivity contribution in [1.82, 2.24) is 19.9 Å². The summed E-state index contributed by atoms with van der Waals surface area (Å²) in [6.07, 6.45) is -0.615. The third kappa shape index (κ3) is 6.26. The first-order valence-electron chi connectivity index (χ1n) is 13.4. The second kappa shape index (κ2) is 12.1. The van der Waals surface area contributed by atoms with Gasteiger partial charge in [0.25, 0.3) is 0 Å². The molecular weight excluding hydrogens is 569 g/mol. The Hall–Kier alpha value is -2.27. The summed E-state index contributed by atoms with van der Waals surface area (Å²) in [5.41, 5.74) is -2.86. The Morgan fingerprint density at radius 3 is 2.46 bits per heavy atom. The van der Waals surface area contributed by atoms with E-state index in [1.165, 1.54) is 6.20 Å².